The number of carbonyl (C=O) groups is 1. The SMILES string of the molecule is CCCCCSc1cccc(F)c1C(C)=O. The molecule has 0 radical (unpaired) electrons. The number of thioether (sulfide) groups is 1. The minimum atomic E-state index is -0.409. The molecule has 16 heavy (non-hydrogen) atoms. The van der Waals surface area contributed by atoms with Gasteiger partial charge in [0.05, 0.1) is 5.56 Å². The number of Topliss-reactive ketones (excluding diaryl/α,β-unsaturated/α-hetero) is 1. The molecule has 0 bridgehead atoms. The second kappa shape index (κ2) is 6.69. The number of unbranched alkanes of at least 4 members (excludes halogenated alkanes) is 2. The number of rotatable bonds is 6. The van der Waals surface area contributed by atoms with Gasteiger partial charge < -0.3 is 0 Å². The van der Waals surface area contributed by atoms with Crippen molar-refractivity contribution >= 4 is 17.5 Å². The zero-order valence-electron chi connectivity index (χ0n) is 9.75. The van der Waals surface area contributed by atoms with Crippen molar-refractivity contribution in [1.82, 2.24) is 0 Å². The van der Waals surface area contributed by atoms with Crippen molar-refractivity contribution in [3.8, 4) is 0 Å². The Morgan fingerprint density at radius 1 is 1.38 bits per heavy atom. The Labute approximate surface area is 100 Å². The molecule has 0 unspecified atom stereocenters. The van der Waals surface area contributed by atoms with Crippen LogP contribution in [-0.2, 0) is 0 Å². The van der Waals surface area contributed by atoms with E-state index in [4.69, 9.17) is 0 Å². The average Bonchev–Trinajstić information content (AvgIpc) is 2.24. The van der Waals surface area contributed by atoms with Gasteiger partial charge in [-0.3, -0.25) is 4.79 Å². The third-order valence-corrected chi connectivity index (χ3v) is 3.48. The molecule has 0 aliphatic carbocycles. The van der Waals surface area contributed by atoms with E-state index >= 15 is 0 Å². The van der Waals surface area contributed by atoms with Gasteiger partial charge >= 0.3 is 0 Å². The van der Waals surface area contributed by atoms with E-state index in [0.717, 1.165) is 17.1 Å². The first-order chi connectivity index (χ1) is 7.66. The maximum absolute atomic E-state index is 13.4. The Morgan fingerprint density at radius 3 is 2.75 bits per heavy atom. The Hall–Kier alpha value is -0.830. The number of halogens is 1. The van der Waals surface area contributed by atoms with Gasteiger partial charge in [-0.15, -0.1) is 11.8 Å². The average molecular weight is 240 g/mol. The predicted molar refractivity (Wildman–Crippen MR) is 66.7 cm³/mol. The fourth-order valence-corrected chi connectivity index (χ4v) is 2.63. The summed E-state index contributed by atoms with van der Waals surface area (Å²) in [6, 6.07) is 4.81. The Kier molecular flexibility index (Phi) is 5.53. The summed E-state index contributed by atoms with van der Waals surface area (Å²) in [6.07, 6.45) is 3.45. The van der Waals surface area contributed by atoms with E-state index in [2.05, 4.69) is 6.92 Å². The Bertz CT molecular complexity index is 363. The van der Waals surface area contributed by atoms with Crippen LogP contribution >= 0.6 is 11.8 Å². The van der Waals surface area contributed by atoms with Crippen molar-refractivity contribution in [1.29, 1.82) is 0 Å². The molecule has 0 atom stereocenters. The van der Waals surface area contributed by atoms with Crippen LogP contribution in [0.15, 0.2) is 23.1 Å². The van der Waals surface area contributed by atoms with E-state index in [1.54, 1.807) is 17.8 Å². The van der Waals surface area contributed by atoms with Gasteiger partial charge in [0.1, 0.15) is 5.82 Å². The van der Waals surface area contributed by atoms with Crippen LogP contribution in [0.25, 0.3) is 0 Å². The van der Waals surface area contributed by atoms with Crippen molar-refractivity contribution < 1.29 is 9.18 Å². The summed E-state index contributed by atoms with van der Waals surface area (Å²) in [5, 5.41) is 0. The molecule has 0 fully saturated rings. The van der Waals surface area contributed by atoms with E-state index in [0.29, 0.717) is 0 Å². The molecule has 1 aromatic carbocycles. The first kappa shape index (κ1) is 13.2. The molecule has 1 rings (SSSR count). The molecule has 0 aromatic heterocycles. The minimum Gasteiger partial charge on any atom is -0.294 e. The van der Waals surface area contributed by atoms with E-state index in [1.165, 1.54) is 25.8 Å². The quantitative estimate of drug-likeness (QED) is 0.418. The van der Waals surface area contributed by atoms with Crippen molar-refractivity contribution in [2.75, 3.05) is 5.75 Å². The predicted octanol–water partition coefficient (Wildman–Crippen LogP) is 4.31. The van der Waals surface area contributed by atoms with Crippen molar-refractivity contribution in [2.45, 2.75) is 38.0 Å². The van der Waals surface area contributed by atoms with Crippen molar-refractivity contribution in [3.63, 3.8) is 0 Å². The van der Waals surface area contributed by atoms with Crippen LogP contribution in [0.3, 0.4) is 0 Å². The molecule has 0 aliphatic heterocycles. The van der Waals surface area contributed by atoms with Crippen molar-refractivity contribution in [3.05, 3.63) is 29.6 Å². The highest BCUT2D eigenvalue weighted by molar-refractivity contribution is 7.99. The maximum atomic E-state index is 13.4. The molecule has 3 heteroatoms. The Balaban J connectivity index is 2.71. The number of hydrogen-bond donors (Lipinski definition) is 0. The monoisotopic (exact) mass is 240 g/mol. The van der Waals surface area contributed by atoms with E-state index in [-0.39, 0.29) is 11.3 Å². The van der Waals surface area contributed by atoms with E-state index in [9.17, 15) is 9.18 Å². The number of hydrogen-bond acceptors (Lipinski definition) is 2. The van der Waals surface area contributed by atoms with Gasteiger partial charge in [0.15, 0.2) is 5.78 Å². The minimum absolute atomic E-state index is 0.198. The third kappa shape index (κ3) is 3.63. The largest absolute Gasteiger partial charge is 0.294 e. The lowest BCUT2D eigenvalue weighted by Gasteiger charge is -2.07. The van der Waals surface area contributed by atoms with Crippen LogP contribution in [0.1, 0.15) is 43.5 Å². The molecule has 0 saturated heterocycles. The molecule has 0 aliphatic rings. The van der Waals surface area contributed by atoms with Crippen LogP contribution in [0.5, 0.6) is 0 Å². The van der Waals surface area contributed by atoms with Crippen LogP contribution < -0.4 is 0 Å². The maximum Gasteiger partial charge on any atom is 0.163 e. The molecular weight excluding hydrogens is 223 g/mol. The Morgan fingerprint density at radius 2 is 2.12 bits per heavy atom. The molecule has 88 valence electrons. The van der Waals surface area contributed by atoms with Crippen LogP contribution in [0, 0.1) is 5.82 Å². The summed E-state index contributed by atoms with van der Waals surface area (Å²) in [7, 11) is 0. The fraction of sp³-hybridized carbons (Fsp3) is 0.462. The molecule has 1 aromatic rings. The highest BCUT2D eigenvalue weighted by atomic mass is 32.2. The summed E-state index contributed by atoms with van der Waals surface area (Å²) < 4.78 is 13.4. The van der Waals surface area contributed by atoms with E-state index in [1.807, 2.05) is 6.07 Å². The van der Waals surface area contributed by atoms with E-state index < -0.39 is 5.82 Å². The first-order valence-corrected chi connectivity index (χ1v) is 6.57. The lowest BCUT2D eigenvalue weighted by molar-refractivity contribution is 0.101. The normalized spacial score (nSPS) is 10.4. The zero-order valence-corrected chi connectivity index (χ0v) is 10.6. The van der Waals surface area contributed by atoms with Crippen molar-refractivity contribution in [2.24, 2.45) is 0 Å². The molecular formula is C13H17FOS. The highest BCUT2D eigenvalue weighted by Crippen LogP contribution is 2.26. The van der Waals surface area contributed by atoms with Gasteiger partial charge in [-0.05, 0) is 31.2 Å². The van der Waals surface area contributed by atoms with Gasteiger partial charge in [0, 0.05) is 4.90 Å². The van der Waals surface area contributed by atoms with Gasteiger partial charge in [-0.1, -0.05) is 25.8 Å². The summed E-state index contributed by atoms with van der Waals surface area (Å²) in [4.78, 5) is 12.1. The summed E-state index contributed by atoms with van der Waals surface area (Å²) in [5.41, 5.74) is 0.240. The smallest absolute Gasteiger partial charge is 0.163 e. The third-order valence-electron chi connectivity index (χ3n) is 2.33. The van der Waals surface area contributed by atoms with Gasteiger partial charge in [-0.2, -0.15) is 0 Å². The molecule has 0 spiro atoms. The molecule has 0 amide bonds. The van der Waals surface area contributed by atoms with Gasteiger partial charge in [0.2, 0.25) is 0 Å². The summed E-state index contributed by atoms with van der Waals surface area (Å²) in [5.74, 6) is 0.335. The number of benzene rings is 1. The summed E-state index contributed by atoms with van der Waals surface area (Å²) >= 11 is 1.57. The molecule has 0 saturated carbocycles. The fourth-order valence-electron chi connectivity index (χ4n) is 1.50. The van der Waals surface area contributed by atoms with Crippen LogP contribution in [0.4, 0.5) is 4.39 Å². The number of carbonyl (C=O) groups excluding carboxylic acids is 1. The number of ketones is 1. The highest BCUT2D eigenvalue weighted by Gasteiger charge is 2.12. The lowest BCUT2D eigenvalue weighted by Crippen LogP contribution is -1.99. The van der Waals surface area contributed by atoms with Crippen LogP contribution in [-0.4, -0.2) is 11.5 Å². The van der Waals surface area contributed by atoms with Gasteiger partial charge in [0.25, 0.3) is 0 Å². The van der Waals surface area contributed by atoms with Gasteiger partial charge in [-0.25, -0.2) is 4.39 Å². The van der Waals surface area contributed by atoms with Crippen LogP contribution in [0.2, 0.25) is 0 Å². The lowest BCUT2D eigenvalue weighted by atomic mass is 10.1. The zero-order chi connectivity index (χ0) is 12.0. The molecule has 1 nitrogen and oxygen atoms in total. The second-order valence-corrected chi connectivity index (χ2v) is 4.86. The standard InChI is InChI=1S/C13H17FOS/c1-3-4-5-9-16-12-8-6-7-11(14)13(12)10(2)15/h6-8H,3-5,9H2,1-2H3. The first-order valence-electron chi connectivity index (χ1n) is 5.59. The second-order valence-electron chi connectivity index (χ2n) is 3.72. The summed E-state index contributed by atoms with van der Waals surface area (Å²) in [6.45, 7) is 3.56. The molecule has 0 heterocycles. The topological polar surface area (TPSA) is 17.1 Å². The molecule has 0 N–H and O–H groups in total.